The topological polar surface area (TPSA) is 112 Å². The van der Waals surface area contributed by atoms with Gasteiger partial charge in [-0.05, 0) is 55.5 Å². The van der Waals surface area contributed by atoms with Crippen LogP contribution in [0.25, 0.3) is 0 Å². The van der Waals surface area contributed by atoms with Crippen molar-refractivity contribution in [3.63, 3.8) is 0 Å². The van der Waals surface area contributed by atoms with Gasteiger partial charge in [0.2, 0.25) is 11.7 Å². The van der Waals surface area contributed by atoms with Crippen LogP contribution in [0.3, 0.4) is 0 Å². The molecular weight excluding hydrogens is 395 g/mol. The van der Waals surface area contributed by atoms with E-state index < -0.39 is 17.8 Å². The van der Waals surface area contributed by atoms with Gasteiger partial charge in [0.25, 0.3) is 0 Å². The number of carbonyl (C=O) groups is 2. The van der Waals surface area contributed by atoms with Crippen molar-refractivity contribution in [3.05, 3.63) is 64.8 Å². The summed E-state index contributed by atoms with van der Waals surface area (Å²) in [5.41, 5.74) is 12.4. The van der Waals surface area contributed by atoms with Gasteiger partial charge in [0.15, 0.2) is 5.13 Å². The SMILES string of the molecule is COc1ccc(C(=O)c2sc(N(c3ccc(F)cc3)[C@@H](C)C(N)=O)nc2N)cc1. The lowest BCUT2D eigenvalue weighted by molar-refractivity contribution is -0.118. The Balaban J connectivity index is 2.01. The number of anilines is 3. The number of ether oxygens (including phenoxy) is 1. The number of hydrogen-bond donors (Lipinski definition) is 2. The molecule has 0 fully saturated rings. The number of ketones is 1. The second-order valence-corrected chi connectivity index (χ2v) is 7.17. The van der Waals surface area contributed by atoms with Gasteiger partial charge in [-0.2, -0.15) is 0 Å². The lowest BCUT2D eigenvalue weighted by Gasteiger charge is -2.26. The van der Waals surface area contributed by atoms with Gasteiger partial charge in [-0.25, -0.2) is 9.37 Å². The Morgan fingerprint density at radius 1 is 1.14 bits per heavy atom. The highest BCUT2D eigenvalue weighted by molar-refractivity contribution is 7.18. The summed E-state index contributed by atoms with van der Waals surface area (Å²) in [6, 6.07) is 11.3. The van der Waals surface area contributed by atoms with Crippen LogP contribution in [0.15, 0.2) is 48.5 Å². The summed E-state index contributed by atoms with van der Waals surface area (Å²) in [6.45, 7) is 1.59. The molecule has 1 atom stereocenters. The van der Waals surface area contributed by atoms with Gasteiger partial charge in [0.05, 0.1) is 7.11 Å². The molecule has 1 amide bonds. The molecule has 0 spiro atoms. The first kappa shape index (κ1) is 20.3. The molecule has 9 heteroatoms. The van der Waals surface area contributed by atoms with Crippen LogP contribution in [-0.4, -0.2) is 29.8 Å². The van der Waals surface area contributed by atoms with Crippen LogP contribution in [0.5, 0.6) is 5.75 Å². The molecule has 0 bridgehead atoms. The number of primary amides is 1. The minimum atomic E-state index is -0.796. The van der Waals surface area contributed by atoms with Crippen LogP contribution in [0.4, 0.5) is 21.0 Å². The second-order valence-electron chi connectivity index (χ2n) is 6.19. The Bertz CT molecular complexity index is 1030. The highest BCUT2D eigenvalue weighted by Gasteiger charge is 2.27. The molecule has 4 N–H and O–H groups in total. The van der Waals surface area contributed by atoms with Crippen molar-refractivity contribution in [2.24, 2.45) is 5.73 Å². The summed E-state index contributed by atoms with van der Waals surface area (Å²) in [5, 5.41) is 0.303. The maximum absolute atomic E-state index is 13.3. The molecule has 0 unspecified atom stereocenters. The van der Waals surface area contributed by atoms with Crippen LogP contribution in [0.2, 0.25) is 0 Å². The molecule has 7 nitrogen and oxygen atoms in total. The van der Waals surface area contributed by atoms with Gasteiger partial charge in [0, 0.05) is 11.3 Å². The highest BCUT2D eigenvalue weighted by atomic mass is 32.1. The standard InChI is InChI=1S/C20H19FN4O3S/c1-11(19(23)27)25(14-7-5-13(21)6-8-14)20-24-18(22)17(29-20)16(26)12-3-9-15(28-2)10-4-12/h3-11H,22H2,1-2H3,(H2,23,27)/t11-/m0/s1. The van der Waals surface area contributed by atoms with Gasteiger partial charge in [-0.15, -0.1) is 0 Å². The number of benzene rings is 2. The van der Waals surface area contributed by atoms with E-state index in [1.54, 1.807) is 31.2 Å². The van der Waals surface area contributed by atoms with Crippen molar-refractivity contribution in [1.29, 1.82) is 0 Å². The molecule has 150 valence electrons. The van der Waals surface area contributed by atoms with E-state index in [2.05, 4.69) is 4.98 Å². The molecule has 3 rings (SSSR count). The summed E-state index contributed by atoms with van der Waals surface area (Å²) < 4.78 is 18.4. The van der Waals surface area contributed by atoms with E-state index in [0.717, 1.165) is 11.3 Å². The first-order valence-electron chi connectivity index (χ1n) is 8.61. The Morgan fingerprint density at radius 3 is 2.31 bits per heavy atom. The predicted molar refractivity (Wildman–Crippen MR) is 110 cm³/mol. The molecule has 3 aromatic rings. The van der Waals surface area contributed by atoms with Crippen LogP contribution in [0, 0.1) is 5.82 Å². The Morgan fingerprint density at radius 2 is 1.76 bits per heavy atom. The van der Waals surface area contributed by atoms with E-state index in [4.69, 9.17) is 16.2 Å². The Labute approximate surface area is 170 Å². The molecule has 0 saturated heterocycles. The van der Waals surface area contributed by atoms with Gasteiger partial charge in [0.1, 0.15) is 28.3 Å². The fourth-order valence-corrected chi connectivity index (χ4v) is 3.74. The molecular formula is C20H19FN4O3S. The zero-order chi connectivity index (χ0) is 21.1. The normalized spacial score (nSPS) is 11.7. The summed E-state index contributed by atoms with van der Waals surface area (Å²) in [4.78, 5) is 30.7. The van der Waals surface area contributed by atoms with Crippen molar-refractivity contribution in [2.75, 3.05) is 17.7 Å². The van der Waals surface area contributed by atoms with Crippen molar-refractivity contribution in [1.82, 2.24) is 4.98 Å². The third kappa shape index (κ3) is 4.19. The van der Waals surface area contributed by atoms with Crippen molar-refractivity contribution in [3.8, 4) is 5.75 Å². The lowest BCUT2D eigenvalue weighted by atomic mass is 10.1. The highest BCUT2D eigenvalue weighted by Crippen LogP contribution is 2.36. The van der Waals surface area contributed by atoms with Crippen LogP contribution >= 0.6 is 11.3 Å². The number of nitrogen functional groups attached to an aromatic ring is 1. The van der Waals surface area contributed by atoms with Crippen molar-refractivity contribution < 1.29 is 18.7 Å². The van der Waals surface area contributed by atoms with E-state index in [-0.39, 0.29) is 16.5 Å². The predicted octanol–water partition coefficient (Wildman–Crippen LogP) is 3.12. The average molecular weight is 414 g/mol. The summed E-state index contributed by atoms with van der Waals surface area (Å²) in [6.07, 6.45) is 0. The number of carbonyl (C=O) groups excluding carboxylic acids is 2. The molecule has 0 aliphatic heterocycles. The maximum atomic E-state index is 13.3. The minimum Gasteiger partial charge on any atom is -0.497 e. The van der Waals surface area contributed by atoms with E-state index in [1.807, 2.05) is 0 Å². The second kappa shape index (κ2) is 8.27. The fraction of sp³-hybridized carbons (Fsp3) is 0.150. The molecule has 0 aliphatic rings. The molecule has 0 saturated carbocycles. The molecule has 29 heavy (non-hydrogen) atoms. The van der Waals surface area contributed by atoms with Gasteiger partial charge in [-0.3, -0.25) is 9.59 Å². The zero-order valence-corrected chi connectivity index (χ0v) is 16.6. The van der Waals surface area contributed by atoms with Crippen molar-refractivity contribution in [2.45, 2.75) is 13.0 Å². The first-order valence-corrected chi connectivity index (χ1v) is 9.42. The Hall–Kier alpha value is -3.46. The zero-order valence-electron chi connectivity index (χ0n) is 15.8. The Kier molecular flexibility index (Phi) is 5.79. The van der Waals surface area contributed by atoms with Gasteiger partial charge < -0.3 is 21.1 Å². The molecule has 0 radical (unpaired) electrons. The van der Waals surface area contributed by atoms with Crippen LogP contribution in [0.1, 0.15) is 22.2 Å². The molecule has 2 aromatic carbocycles. The first-order chi connectivity index (χ1) is 13.8. The number of thiazole rings is 1. The summed E-state index contributed by atoms with van der Waals surface area (Å²) in [5.74, 6) is -0.674. The van der Waals surface area contributed by atoms with E-state index in [1.165, 1.54) is 36.3 Å². The number of hydrogen-bond acceptors (Lipinski definition) is 7. The van der Waals surface area contributed by atoms with Crippen LogP contribution < -0.4 is 21.1 Å². The summed E-state index contributed by atoms with van der Waals surface area (Å²) >= 11 is 1.03. The number of methoxy groups -OCH3 is 1. The molecule has 1 aromatic heterocycles. The van der Waals surface area contributed by atoms with E-state index >= 15 is 0 Å². The summed E-state index contributed by atoms with van der Waals surface area (Å²) in [7, 11) is 1.54. The number of rotatable bonds is 7. The number of nitrogens with two attached hydrogens (primary N) is 2. The van der Waals surface area contributed by atoms with Crippen molar-refractivity contribution >= 4 is 39.7 Å². The monoisotopic (exact) mass is 414 g/mol. The maximum Gasteiger partial charge on any atom is 0.240 e. The average Bonchev–Trinajstić information content (AvgIpc) is 3.10. The smallest absolute Gasteiger partial charge is 0.240 e. The third-order valence-corrected chi connectivity index (χ3v) is 5.38. The van der Waals surface area contributed by atoms with Crippen LogP contribution in [-0.2, 0) is 4.79 Å². The lowest BCUT2D eigenvalue weighted by Crippen LogP contribution is -2.39. The van der Waals surface area contributed by atoms with Gasteiger partial charge in [-0.1, -0.05) is 11.3 Å². The third-order valence-electron chi connectivity index (χ3n) is 4.31. The van der Waals surface area contributed by atoms with E-state index in [0.29, 0.717) is 22.1 Å². The molecule has 1 heterocycles. The molecule has 0 aliphatic carbocycles. The number of nitrogens with zero attached hydrogens (tertiary/aromatic N) is 2. The number of aromatic nitrogens is 1. The minimum absolute atomic E-state index is 0.0367. The van der Waals surface area contributed by atoms with E-state index in [9.17, 15) is 14.0 Å². The largest absolute Gasteiger partial charge is 0.497 e. The quantitative estimate of drug-likeness (QED) is 0.575. The number of amides is 1. The van der Waals surface area contributed by atoms with Gasteiger partial charge >= 0.3 is 0 Å². The fourth-order valence-electron chi connectivity index (χ4n) is 2.69. The number of halogens is 1.